The van der Waals surface area contributed by atoms with Crippen molar-refractivity contribution in [2.45, 2.75) is 17.9 Å². The molecule has 1 N–H and O–H groups in total. The lowest BCUT2D eigenvalue weighted by molar-refractivity contribution is 0.222. The molecule has 2 aromatic heterocycles. The van der Waals surface area contributed by atoms with Crippen molar-refractivity contribution in [3.05, 3.63) is 66.6 Å². The number of likely N-dealkylation sites (N-methyl/N-ethyl adjacent to an activating group) is 1. The van der Waals surface area contributed by atoms with Gasteiger partial charge in [0, 0.05) is 50.8 Å². The van der Waals surface area contributed by atoms with Gasteiger partial charge in [-0.05, 0) is 49.9 Å². The van der Waals surface area contributed by atoms with Crippen molar-refractivity contribution in [3.63, 3.8) is 0 Å². The van der Waals surface area contributed by atoms with Crippen LogP contribution >= 0.6 is 0 Å². The predicted molar refractivity (Wildman–Crippen MR) is 116 cm³/mol. The van der Waals surface area contributed by atoms with E-state index in [1.807, 2.05) is 55.2 Å². The molecule has 1 unspecified atom stereocenters. The van der Waals surface area contributed by atoms with Crippen LogP contribution in [0.3, 0.4) is 0 Å². The Kier molecular flexibility index (Phi) is 5.85. The molecule has 1 saturated heterocycles. The van der Waals surface area contributed by atoms with E-state index in [1.54, 1.807) is 18.3 Å². The molecule has 1 atom stereocenters. The molecule has 0 aliphatic carbocycles. The van der Waals surface area contributed by atoms with Gasteiger partial charge < -0.3 is 10.2 Å². The van der Waals surface area contributed by atoms with Crippen LogP contribution in [-0.2, 0) is 10.0 Å². The number of benzene rings is 1. The third-order valence-corrected chi connectivity index (χ3v) is 7.24. The molecule has 3 aromatic rings. The molecule has 0 amide bonds. The molecule has 0 spiro atoms. The monoisotopic (exact) mass is 426 g/mol. The number of sulfonamides is 1. The van der Waals surface area contributed by atoms with Crippen molar-refractivity contribution in [3.8, 4) is 5.69 Å². The van der Waals surface area contributed by atoms with Crippen LogP contribution in [0.2, 0.25) is 0 Å². The van der Waals surface area contributed by atoms with Crippen LogP contribution in [0, 0.1) is 0 Å². The van der Waals surface area contributed by atoms with Gasteiger partial charge in [-0.3, -0.25) is 0 Å². The van der Waals surface area contributed by atoms with Crippen LogP contribution < -0.4 is 5.32 Å². The normalized spacial score (nSPS) is 17.0. The molecule has 0 radical (unpaired) electrons. The number of nitrogens with one attached hydrogen (secondary N) is 1. The Labute approximate surface area is 177 Å². The maximum atomic E-state index is 12.8. The summed E-state index contributed by atoms with van der Waals surface area (Å²) in [7, 11) is -1.50. The molecule has 1 aliphatic heterocycles. The SMILES string of the molecule is CC(Nc1ccc(S(=O)(=O)N2CCN(C)CC2)cn1)c1ccc(-n2cccn2)cc1. The van der Waals surface area contributed by atoms with E-state index in [2.05, 4.69) is 20.3 Å². The van der Waals surface area contributed by atoms with Gasteiger partial charge in [-0.2, -0.15) is 9.40 Å². The second-order valence-corrected chi connectivity index (χ2v) is 9.43. The fourth-order valence-corrected chi connectivity index (χ4v) is 4.81. The van der Waals surface area contributed by atoms with E-state index in [1.165, 1.54) is 10.5 Å². The molecule has 4 rings (SSSR count). The van der Waals surface area contributed by atoms with Gasteiger partial charge in [0.05, 0.1) is 5.69 Å². The molecular formula is C21H26N6O2S. The number of pyridine rings is 1. The molecule has 0 bridgehead atoms. The Morgan fingerprint density at radius 1 is 1.03 bits per heavy atom. The summed E-state index contributed by atoms with van der Waals surface area (Å²) in [6.45, 7) is 4.53. The Balaban J connectivity index is 1.42. The average Bonchev–Trinajstić information content (AvgIpc) is 3.29. The summed E-state index contributed by atoms with van der Waals surface area (Å²) in [6.07, 6.45) is 5.08. The van der Waals surface area contributed by atoms with Crippen molar-refractivity contribution >= 4 is 15.8 Å². The minimum atomic E-state index is -3.50. The summed E-state index contributed by atoms with van der Waals surface area (Å²) in [4.78, 5) is 6.69. The summed E-state index contributed by atoms with van der Waals surface area (Å²) in [5, 5.41) is 7.56. The van der Waals surface area contributed by atoms with Gasteiger partial charge in [-0.25, -0.2) is 18.1 Å². The maximum Gasteiger partial charge on any atom is 0.244 e. The minimum absolute atomic E-state index is 0.0178. The maximum absolute atomic E-state index is 12.8. The van der Waals surface area contributed by atoms with E-state index in [0.29, 0.717) is 18.9 Å². The highest BCUT2D eigenvalue weighted by molar-refractivity contribution is 7.89. The molecule has 3 heterocycles. The topological polar surface area (TPSA) is 83.4 Å². The zero-order chi connectivity index (χ0) is 21.1. The van der Waals surface area contributed by atoms with Gasteiger partial charge in [-0.1, -0.05) is 12.1 Å². The van der Waals surface area contributed by atoms with Crippen molar-refractivity contribution < 1.29 is 8.42 Å². The van der Waals surface area contributed by atoms with Crippen LogP contribution in [0.4, 0.5) is 5.82 Å². The number of aromatic nitrogens is 3. The fourth-order valence-electron chi connectivity index (χ4n) is 3.44. The molecule has 1 aliphatic rings. The van der Waals surface area contributed by atoms with Gasteiger partial charge in [0.1, 0.15) is 10.7 Å². The Bertz CT molecular complexity index is 1060. The van der Waals surface area contributed by atoms with E-state index < -0.39 is 10.0 Å². The van der Waals surface area contributed by atoms with E-state index in [4.69, 9.17) is 0 Å². The van der Waals surface area contributed by atoms with Gasteiger partial charge in [0.2, 0.25) is 10.0 Å². The first-order valence-electron chi connectivity index (χ1n) is 9.95. The van der Waals surface area contributed by atoms with E-state index in [9.17, 15) is 8.42 Å². The van der Waals surface area contributed by atoms with E-state index in [-0.39, 0.29) is 10.9 Å². The predicted octanol–water partition coefficient (Wildman–Crippen LogP) is 2.38. The molecule has 30 heavy (non-hydrogen) atoms. The zero-order valence-electron chi connectivity index (χ0n) is 17.1. The van der Waals surface area contributed by atoms with Crippen LogP contribution in [-0.4, -0.2) is 65.6 Å². The first-order chi connectivity index (χ1) is 14.4. The van der Waals surface area contributed by atoms with Gasteiger partial charge >= 0.3 is 0 Å². The first-order valence-corrected chi connectivity index (χ1v) is 11.4. The fraction of sp³-hybridized carbons (Fsp3) is 0.333. The highest BCUT2D eigenvalue weighted by atomic mass is 32.2. The molecule has 8 nitrogen and oxygen atoms in total. The van der Waals surface area contributed by atoms with Gasteiger partial charge in [-0.15, -0.1) is 0 Å². The third-order valence-electron chi connectivity index (χ3n) is 5.36. The average molecular weight is 427 g/mol. The zero-order valence-corrected chi connectivity index (χ0v) is 18.0. The summed E-state index contributed by atoms with van der Waals surface area (Å²) in [5.74, 6) is 0.635. The lowest BCUT2D eigenvalue weighted by Gasteiger charge is -2.31. The van der Waals surface area contributed by atoms with E-state index in [0.717, 1.165) is 24.3 Å². The number of hydrogen-bond donors (Lipinski definition) is 1. The molecule has 158 valence electrons. The van der Waals surface area contributed by atoms with Crippen LogP contribution in [0.5, 0.6) is 0 Å². The summed E-state index contributed by atoms with van der Waals surface area (Å²) >= 11 is 0. The second kappa shape index (κ2) is 8.55. The van der Waals surface area contributed by atoms with Crippen molar-refractivity contribution in [2.24, 2.45) is 0 Å². The van der Waals surface area contributed by atoms with E-state index >= 15 is 0 Å². The minimum Gasteiger partial charge on any atom is -0.364 e. The highest BCUT2D eigenvalue weighted by Crippen LogP contribution is 2.22. The Morgan fingerprint density at radius 2 is 1.77 bits per heavy atom. The van der Waals surface area contributed by atoms with Gasteiger partial charge in [0.25, 0.3) is 0 Å². The number of hydrogen-bond acceptors (Lipinski definition) is 6. The lowest BCUT2D eigenvalue weighted by atomic mass is 10.1. The Morgan fingerprint density at radius 3 is 2.37 bits per heavy atom. The largest absolute Gasteiger partial charge is 0.364 e. The van der Waals surface area contributed by atoms with Crippen molar-refractivity contribution in [2.75, 3.05) is 38.5 Å². The number of piperazine rings is 1. The third kappa shape index (κ3) is 4.38. The summed E-state index contributed by atoms with van der Waals surface area (Å²) in [5.41, 5.74) is 2.09. The molecular weight excluding hydrogens is 400 g/mol. The number of nitrogens with zero attached hydrogens (tertiary/aromatic N) is 5. The standard InChI is InChI=1S/C21H26N6O2S/c1-17(18-4-6-19(7-5-18)27-11-3-10-23-27)24-21-9-8-20(16-22-21)30(28,29)26-14-12-25(2)13-15-26/h3-11,16-17H,12-15H2,1-2H3,(H,22,24). The first kappa shape index (κ1) is 20.5. The van der Waals surface area contributed by atoms with Gasteiger partial charge in [0.15, 0.2) is 0 Å². The highest BCUT2D eigenvalue weighted by Gasteiger charge is 2.27. The second-order valence-electron chi connectivity index (χ2n) is 7.49. The number of anilines is 1. The molecule has 0 saturated carbocycles. The summed E-state index contributed by atoms with van der Waals surface area (Å²) < 4.78 is 29.0. The van der Waals surface area contributed by atoms with Crippen molar-refractivity contribution in [1.82, 2.24) is 24.0 Å². The Hall–Kier alpha value is -2.75. The molecule has 9 heteroatoms. The summed E-state index contributed by atoms with van der Waals surface area (Å²) in [6, 6.07) is 13.4. The van der Waals surface area contributed by atoms with Crippen LogP contribution in [0.15, 0.2) is 66.0 Å². The molecule has 1 aromatic carbocycles. The van der Waals surface area contributed by atoms with Crippen LogP contribution in [0.25, 0.3) is 5.69 Å². The van der Waals surface area contributed by atoms with Crippen LogP contribution in [0.1, 0.15) is 18.5 Å². The quantitative estimate of drug-likeness (QED) is 0.652. The molecule has 1 fully saturated rings. The lowest BCUT2D eigenvalue weighted by Crippen LogP contribution is -2.47. The smallest absolute Gasteiger partial charge is 0.244 e. The van der Waals surface area contributed by atoms with Crippen molar-refractivity contribution in [1.29, 1.82) is 0 Å². The number of rotatable bonds is 6.